The molecule has 0 radical (unpaired) electrons. The maximum atomic E-state index is 12.1. The Morgan fingerprint density at radius 2 is 2.20 bits per heavy atom. The smallest absolute Gasteiger partial charge is 0.250 e. The summed E-state index contributed by atoms with van der Waals surface area (Å²) in [6, 6.07) is 9.63. The molecular formula is C19H22IN2O3+. The Morgan fingerprint density at radius 3 is 3.00 bits per heavy atom. The number of nitrogens with zero attached hydrogens (tertiary/aromatic N) is 1. The van der Waals surface area contributed by atoms with Gasteiger partial charge < -0.3 is 19.3 Å². The van der Waals surface area contributed by atoms with Crippen molar-refractivity contribution in [2.45, 2.75) is 25.4 Å². The van der Waals surface area contributed by atoms with Gasteiger partial charge in [-0.3, -0.25) is 4.79 Å². The van der Waals surface area contributed by atoms with E-state index in [2.05, 4.69) is 28.7 Å². The molecule has 2 aromatic rings. The van der Waals surface area contributed by atoms with Crippen LogP contribution in [0.2, 0.25) is 0 Å². The standard InChI is InChI=1S/C19H21IN2O3/c1-25-17-7-12(6-15(20)19(17)24)8-21-9-13-5-14(11-21)16-3-2-4-18(23)22(16)10-13/h2-4,6-7,13-14,24H,5,8-11H2,1H3/p+1/t13-,14+/m0/s1. The van der Waals surface area contributed by atoms with E-state index in [-0.39, 0.29) is 11.3 Å². The number of likely N-dealkylation sites (tertiary alicyclic amines) is 1. The van der Waals surface area contributed by atoms with E-state index in [9.17, 15) is 9.90 Å². The number of aromatic hydroxyl groups is 1. The van der Waals surface area contributed by atoms with Crippen LogP contribution in [0.1, 0.15) is 23.6 Å². The molecular weight excluding hydrogens is 431 g/mol. The van der Waals surface area contributed by atoms with Crippen LogP contribution in [0.15, 0.2) is 35.1 Å². The van der Waals surface area contributed by atoms with Crippen molar-refractivity contribution >= 4 is 22.6 Å². The lowest BCUT2D eigenvalue weighted by Crippen LogP contribution is -3.13. The number of phenolic OH excluding ortho intramolecular Hbond substituents is 1. The topological polar surface area (TPSA) is 55.9 Å². The van der Waals surface area contributed by atoms with E-state index in [1.807, 2.05) is 22.8 Å². The first-order valence-electron chi connectivity index (χ1n) is 8.64. The molecule has 3 heterocycles. The van der Waals surface area contributed by atoms with Crippen LogP contribution in [0.25, 0.3) is 0 Å². The van der Waals surface area contributed by atoms with Gasteiger partial charge in [-0.25, -0.2) is 0 Å². The molecule has 6 heteroatoms. The molecule has 2 aliphatic rings. The van der Waals surface area contributed by atoms with Gasteiger partial charge in [0.2, 0.25) is 0 Å². The molecule has 4 rings (SSSR count). The summed E-state index contributed by atoms with van der Waals surface area (Å²) < 4.78 is 8.08. The monoisotopic (exact) mass is 453 g/mol. The highest BCUT2D eigenvalue weighted by Gasteiger charge is 2.37. The summed E-state index contributed by atoms with van der Waals surface area (Å²) in [5.74, 6) is 1.76. The lowest BCUT2D eigenvalue weighted by molar-refractivity contribution is -0.924. The number of hydrogen-bond acceptors (Lipinski definition) is 3. The Hall–Kier alpha value is -1.54. The quantitative estimate of drug-likeness (QED) is 0.691. The Kier molecular flexibility index (Phi) is 4.49. The molecule has 3 atom stereocenters. The van der Waals surface area contributed by atoms with E-state index in [1.165, 1.54) is 22.6 Å². The SMILES string of the molecule is COc1cc(C[NH+]2C[C@@H]3C[C@H](C2)c2cccc(=O)n2C3)cc(I)c1O. The lowest BCUT2D eigenvalue weighted by atomic mass is 9.83. The van der Waals surface area contributed by atoms with E-state index in [0.29, 0.717) is 17.6 Å². The second kappa shape index (κ2) is 6.64. The van der Waals surface area contributed by atoms with Crippen LogP contribution < -0.4 is 15.2 Å². The Morgan fingerprint density at radius 1 is 1.36 bits per heavy atom. The highest BCUT2D eigenvalue weighted by Crippen LogP contribution is 2.33. The number of piperidine rings is 1. The normalized spacial score (nSPS) is 24.6. The summed E-state index contributed by atoms with van der Waals surface area (Å²) in [5.41, 5.74) is 2.51. The molecule has 25 heavy (non-hydrogen) atoms. The zero-order chi connectivity index (χ0) is 17.6. The minimum Gasteiger partial charge on any atom is -0.504 e. The number of nitrogens with one attached hydrogen (secondary N) is 1. The van der Waals surface area contributed by atoms with Crippen LogP contribution in [0.4, 0.5) is 0 Å². The zero-order valence-corrected chi connectivity index (χ0v) is 16.3. The number of pyridine rings is 1. The van der Waals surface area contributed by atoms with E-state index in [0.717, 1.165) is 29.7 Å². The Balaban J connectivity index is 1.57. The number of rotatable bonds is 3. The van der Waals surface area contributed by atoms with Gasteiger partial charge in [0.15, 0.2) is 11.5 Å². The van der Waals surface area contributed by atoms with E-state index < -0.39 is 0 Å². The number of benzene rings is 1. The molecule has 1 fully saturated rings. The molecule has 1 unspecified atom stereocenters. The number of hydrogen-bond donors (Lipinski definition) is 2. The predicted molar refractivity (Wildman–Crippen MR) is 103 cm³/mol. The molecule has 1 saturated heterocycles. The van der Waals surface area contributed by atoms with Gasteiger partial charge in [0.1, 0.15) is 6.54 Å². The number of ether oxygens (including phenoxy) is 1. The predicted octanol–water partition coefficient (Wildman–Crippen LogP) is 1.37. The number of fused-ring (bicyclic) bond motifs is 4. The minimum absolute atomic E-state index is 0.133. The van der Waals surface area contributed by atoms with Gasteiger partial charge in [-0.2, -0.15) is 0 Å². The second-order valence-electron chi connectivity index (χ2n) is 7.16. The average molecular weight is 453 g/mol. The van der Waals surface area contributed by atoms with Crippen molar-refractivity contribution in [3.8, 4) is 11.5 Å². The highest BCUT2D eigenvalue weighted by atomic mass is 127. The summed E-state index contributed by atoms with van der Waals surface area (Å²) in [6.45, 7) is 3.87. The van der Waals surface area contributed by atoms with Crippen molar-refractivity contribution in [3.63, 3.8) is 0 Å². The number of phenols is 1. The first kappa shape index (κ1) is 16.9. The summed E-state index contributed by atoms with van der Waals surface area (Å²) in [7, 11) is 1.59. The fraction of sp³-hybridized carbons (Fsp3) is 0.421. The van der Waals surface area contributed by atoms with Crippen LogP contribution in [-0.2, 0) is 13.1 Å². The molecule has 0 spiro atoms. The third kappa shape index (κ3) is 3.17. The van der Waals surface area contributed by atoms with Crippen LogP contribution in [-0.4, -0.2) is 29.9 Å². The van der Waals surface area contributed by atoms with Crippen molar-refractivity contribution < 1.29 is 14.7 Å². The van der Waals surface area contributed by atoms with Crippen molar-refractivity contribution in [2.24, 2.45) is 5.92 Å². The first-order chi connectivity index (χ1) is 12.0. The fourth-order valence-electron chi connectivity index (χ4n) is 4.44. The van der Waals surface area contributed by atoms with Crippen molar-refractivity contribution in [3.05, 3.63) is 55.5 Å². The highest BCUT2D eigenvalue weighted by molar-refractivity contribution is 14.1. The minimum atomic E-state index is 0.133. The molecule has 2 N–H and O–H groups in total. The third-order valence-electron chi connectivity index (χ3n) is 5.44. The Bertz CT molecular complexity index is 864. The lowest BCUT2D eigenvalue weighted by Gasteiger charge is -2.40. The largest absolute Gasteiger partial charge is 0.504 e. The third-order valence-corrected chi connectivity index (χ3v) is 6.26. The van der Waals surface area contributed by atoms with Gasteiger partial charge in [0, 0.05) is 35.7 Å². The summed E-state index contributed by atoms with van der Waals surface area (Å²) in [4.78, 5) is 13.7. The van der Waals surface area contributed by atoms with Gasteiger partial charge in [-0.1, -0.05) is 6.07 Å². The van der Waals surface area contributed by atoms with Crippen LogP contribution >= 0.6 is 22.6 Å². The first-order valence-corrected chi connectivity index (χ1v) is 9.71. The number of halogens is 1. The molecule has 2 aliphatic heterocycles. The molecule has 132 valence electrons. The summed E-state index contributed by atoms with van der Waals surface area (Å²) >= 11 is 2.15. The molecule has 0 amide bonds. The van der Waals surface area contributed by atoms with Crippen molar-refractivity contribution in [2.75, 3.05) is 20.2 Å². The molecule has 0 aliphatic carbocycles. The van der Waals surface area contributed by atoms with Gasteiger partial charge >= 0.3 is 0 Å². The van der Waals surface area contributed by atoms with Gasteiger partial charge in [0.05, 0.1) is 23.8 Å². The molecule has 2 bridgehead atoms. The molecule has 1 aromatic carbocycles. The maximum absolute atomic E-state index is 12.1. The van der Waals surface area contributed by atoms with Gasteiger partial charge in [-0.05, 0) is 47.2 Å². The zero-order valence-electron chi connectivity index (χ0n) is 14.2. The van der Waals surface area contributed by atoms with Crippen molar-refractivity contribution in [1.29, 1.82) is 0 Å². The van der Waals surface area contributed by atoms with Crippen LogP contribution in [0.3, 0.4) is 0 Å². The van der Waals surface area contributed by atoms with E-state index in [4.69, 9.17) is 4.74 Å². The average Bonchev–Trinajstić information content (AvgIpc) is 2.59. The van der Waals surface area contributed by atoms with Crippen molar-refractivity contribution in [1.82, 2.24) is 4.57 Å². The van der Waals surface area contributed by atoms with E-state index in [1.54, 1.807) is 13.2 Å². The fourth-order valence-corrected chi connectivity index (χ4v) is 5.10. The Labute approximate surface area is 160 Å². The number of methoxy groups -OCH3 is 1. The van der Waals surface area contributed by atoms with Gasteiger partial charge in [0.25, 0.3) is 5.56 Å². The number of quaternary nitrogens is 1. The van der Waals surface area contributed by atoms with E-state index >= 15 is 0 Å². The molecule has 1 aromatic heterocycles. The summed E-state index contributed by atoms with van der Waals surface area (Å²) in [5, 5.41) is 10.0. The maximum Gasteiger partial charge on any atom is 0.250 e. The number of aromatic nitrogens is 1. The summed E-state index contributed by atoms with van der Waals surface area (Å²) in [6.07, 6.45) is 1.18. The van der Waals surface area contributed by atoms with Crippen LogP contribution in [0.5, 0.6) is 11.5 Å². The second-order valence-corrected chi connectivity index (χ2v) is 8.32. The van der Waals surface area contributed by atoms with Gasteiger partial charge in [-0.15, -0.1) is 0 Å². The van der Waals surface area contributed by atoms with Crippen LogP contribution in [0, 0.1) is 9.49 Å². The molecule has 0 saturated carbocycles. The molecule has 5 nitrogen and oxygen atoms in total.